The zero-order valence-corrected chi connectivity index (χ0v) is 8.91. The Balaban J connectivity index is 2.99. The van der Waals surface area contributed by atoms with Gasteiger partial charge in [-0.15, -0.1) is 0 Å². The molecule has 0 aromatic carbocycles. The van der Waals surface area contributed by atoms with Crippen LogP contribution in [0.5, 0.6) is 0 Å². The molecule has 0 spiro atoms. The molecule has 0 amide bonds. The zero-order chi connectivity index (χ0) is 10.7. The summed E-state index contributed by atoms with van der Waals surface area (Å²) in [6, 6.07) is 2.11. The highest BCUT2D eigenvalue weighted by atomic mass is 15.3. The normalized spacial score (nSPS) is 12.5. The maximum Gasteiger partial charge on any atom is 0.0644 e. The van der Waals surface area contributed by atoms with Crippen molar-refractivity contribution in [3.8, 4) is 6.07 Å². The number of aryl methyl sites for hydroxylation is 2. The molecule has 1 heterocycles. The molecule has 0 bridgehead atoms. The third-order valence-electron chi connectivity index (χ3n) is 2.33. The van der Waals surface area contributed by atoms with Gasteiger partial charge in [0.05, 0.1) is 24.7 Å². The number of nitriles is 1. The van der Waals surface area contributed by atoms with E-state index in [0.717, 1.165) is 17.0 Å². The Bertz CT molecular complexity index is 357. The van der Waals surface area contributed by atoms with Crippen LogP contribution in [0.15, 0.2) is 0 Å². The highest BCUT2D eigenvalue weighted by Crippen LogP contribution is 2.19. The first-order chi connectivity index (χ1) is 6.57. The molecule has 1 rings (SSSR count). The average molecular weight is 192 g/mol. The smallest absolute Gasteiger partial charge is 0.0644 e. The first-order valence-electron chi connectivity index (χ1n) is 4.74. The summed E-state index contributed by atoms with van der Waals surface area (Å²) in [4.78, 5) is 0. The van der Waals surface area contributed by atoms with Crippen molar-refractivity contribution < 1.29 is 0 Å². The molecule has 0 saturated heterocycles. The molecule has 2 N–H and O–H groups in total. The topological polar surface area (TPSA) is 67.6 Å². The minimum Gasteiger partial charge on any atom is -0.324 e. The predicted octanol–water partition coefficient (Wildman–Crippen LogP) is 1.43. The van der Waals surface area contributed by atoms with Gasteiger partial charge in [0.25, 0.3) is 0 Å². The summed E-state index contributed by atoms with van der Waals surface area (Å²) < 4.78 is 1.86. The van der Waals surface area contributed by atoms with Crippen molar-refractivity contribution in [1.82, 2.24) is 9.78 Å². The molecule has 0 radical (unpaired) electrons. The lowest BCUT2D eigenvalue weighted by Crippen LogP contribution is -2.08. The molecule has 14 heavy (non-hydrogen) atoms. The SMILES string of the molecule is Cc1nn(CCC#N)c(C)c1C(C)N. The lowest BCUT2D eigenvalue weighted by molar-refractivity contribution is 0.603. The van der Waals surface area contributed by atoms with Crippen LogP contribution in [-0.4, -0.2) is 9.78 Å². The standard InChI is InChI=1S/C10H16N4/c1-7(12)10-8(2)13-14(9(10)3)6-4-5-11/h7H,4,6,12H2,1-3H3. The summed E-state index contributed by atoms with van der Waals surface area (Å²) in [5.74, 6) is 0. The van der Waals surface area contributed by atoms with Gasteiger partial charge in [-0.2, -0.15) is 10.4 Å². The monoisotopic (exact) mass is 192 g/mol. The van der Waals surface area contributed by atoms with Crippen molar-refractivity contribution in [2.45, 2.75) is 39.8 Å². The van der Waals surface area contributed by atoms with Crippen LogP contribution in [0.1, 0.15) is 36.3 Å². The molecule has 1 aromatic rings. The van der Waals surface area contributed by atoms with Crippen LogP contribution in [0.4, 0.5) is 0 Å². The van der Waals surface area contributed by atoms with E-state index in [9.17, 15) is 0 Å². The summed E-state index contributed by atoms with van der Waals surface area (Å²) in [5.41, 5.74) is 8.98. The van der Waals surface area contributed by atoms with Crippen molar-refractivity contribution in [2.75, 3.05) is 0 Å². The van der Waals surface area contributed by atoms with Gasteiger partial charge in [-0.25, -0.2) is 0 Å². The molecule has 0 saturated carbocycles. The molecule has 1 unspecified atom stereocenters. The Hall–Kier alpha value is -1.34. The van der Waals surface area contributed by atoms with Gasteiger partial charge in [-0.3, -0.25) is 4.68 Å². The summed E-state index contributed by atoms with van der Waals surface area (Å²) in [6.07, 6.45) is 0.486. The number of hydrogen-bond donors (Lipinski definition) is 1. The molecule has 0 aliphatic carbocycles. The van der Waals surface area contributed by atoms with Crippen molar-refractivity contribution in [3.63, 3.8) is 0 Å². The van der Waals surface area contributed by atoms with E-state index in [-0.39, 0.29) is 6.04 Å². The highest BCUT2D eigenvalue weighted by molar-refractivity contribution is 5.27. The van der Waals surface area contributed by atoms with Crippen LogP contribution in [0.3, 0.4) is 0 Å². The van der Waals surface area contributed by atoms with Crippen LogP contribution < -0.4 is 5.73 Å². The lowest BCUT2D eigenvalue weighted by atomic mass is 10.1. The Morgan fingerprint density at radius 2 is 2.21 bits per heavy atom. The third kappa shape index (κ3) is 1.94. The van der Waals surface area contributed by atoms with Gasteiger partial charge in [0.15, 0.2) is 0 Å². The van der Waals surface area contributed by atoms with E-state index in [1.807, 2.05) is 25.5 Å². The minimum absolute atomic E-state index is 0.00540. The maximum absolute atomic E-state index is 8.49. The number of rotatable bonds is 3. The van der Waals surface area contributed by atoms with Crippen LogP contribution in [0.25, 0.3) is 0 Å². The van der Waals surface area contributed by atoms with Gasteiger partial charge in [0.2, 0.25) is 0 Å². The second-order valence-electron chi connectivity index (χ2n) is 3.50. The van der Waals surface area contributed by atoms with Gasteiger partial charge in [0.1, 0.15) is 0 Å². The van der Waals surface area contributed by atoms with Crippen molar-refractivity contribution in [2.24, 2.45) is 5.73 Å². The quantitative estimate of drug-likeness (QED) is 0.787. The number of nitrogens with two attached hydrogens (primary N) is 1. The molecule has 1 atom stereocenters. The molecule has 0 aliphatic rings. The molecular formula is C10H16N4. The van der Waals surface area contributed by atoms with E-state index in [4.69, 9.17) is 11.0 Å². The van der Waals surface area contributed by atoms with Crippen molar-refractivity contribution in [3.05, 3.63) is 17.0 Å². The van der Waals surface area contributed by atoms with E-state index in [0.29, 0.717) is 13.0 Å². The fourth-order valence-corrected chi connectivity index (χ4v) is 1.74. The van der Waals surface area contributed by atoms with Crippen LogP contribution in [-0.2, 0) is 6.54 Å². The molecule has 1 aromatic heterocycles. The van der Waals surface area contributed by atoms with Gasteiger partial charge < -0.3 is 5.73 Å². The second kappa shape index (κ2) is 4.25. The first-order valence-corrected chi connectivity index (χ1v) is 4.74. The average Bonchev–Trinajstić information content (AvgIpc) is 2.38. The molecule has 4 nitrogen and oxygen atoms in total. The summed E-state index contributed by atoms with van der Waals surface area (Å²) in [6.45, 7) is 6.55. The van der Waals surface area contributed by atoms with Gasteiger partial charge in [-0.05, 0) is 20.8 Å². The van der Waals surface area contributed by atoms with E-state index in [1.54, 1.807) is 0 Å². The predicted molar refractivity (Wildman–Crippen MR) is 54.5 cm³/mol. The van der Waals surface area contributed by atoms with Gasteiger partial charge in [0, 0.05) is 17.3 Å². The zero-order valence-electron chi connectivity index (χ0n) is 8.91. The first kappa shape index (κ1) is 10.7. The Morgan fingerprint density at radius 3 is 2.64 bits per heavy atom. The van der Waals surface area contributed by atoms with E-state index in [1.165, 1.54) is 0 Å². The number of hydrogen-bond acceptors (Lipinski definition) is 3. The van der Waals surface area contributed by atoms with Crippen LogP contribution >= 0.6 is 0 Å². The molecule has 0 aliphatic heterocycles. The third-order valence-corrected chi connectivity index (χ3v) is 2.33. The molecule has 0 fully saturated rings. The van der Waals surface area contributed by atoms with E-state index in [2.05, 4.69) is 11.2 Å². The number of nitrogens with zero attached hydrogens (tertiary/aromatic N) is 3. The van der Waals surface area contributed by atoms with Crippen molar-refractivity contribution >= 4 is 0 Å². The summed E-state index contributed by atoms with van der Waals surface area (Å²) in [7, 11) is 0. The van der Waals surface area contributed by atoms with E-state index < -0.39 is 0 Å². The van der Waals surface area contributed by atoms with Crippen molar-refractivity contribution in [1.29, 1.82) is 5.26 Å². The van der Waals surface area contributed by atoms with Gasteiger partial charge >= 0.3 is 0 Å². The number of aromatic nitrogens is 2. The summed E-state index contributed by atoms with van der Waals surface area (Å²) in [5, 5.41) is 12.8. The van der Waals surface area contributed by atoms with Crippen LogP contribution in [0, 0.1) is 25.2 Å². The Labute approximate surface area is 84.3 Å². The summed E-state index contributed by atoms with van der Waals surface area (Å²) >= 11 is 0. The van der Waals surface area contributed by atoms with Gasteiger partial charge in [-0.1, -0.05) is 0 Å². The molecule has 76 valence electrons. The second-order valence-corrected chi connectivity index (χ2v) is 3.50. The fraction of sp³-hybridized carbons (Fsp3) is 0.600. The molecular weight excluding hydrogens is 176 g/mol. The maximum atomic E-state index is 8.49. The Kier molecular flexibility index (Phi) is 3.26. The molecule has 4 heteroatoms. The minimum atomic E-state index is 0.00540. The fourth-order valence-electron chi connectivity index (χ4n) is 1.74. The van der Waals surface area contributed by atoms with E-state index >= 15 is 0 Å². The highest BCUT2D eigenvalue weighted by Gasteiger charge is 2.13. The van der Waals surface area contributed by atoms with Crippen LogP contribution in [0.2, 0.25) is 0 Å². The largest absolute Gasteiger partial charge is 0.324 e. The lowest BCUT2D eigenvalue weighted by Gasteiger charge is -2.06. The Morgan fingerprint density at radius 1 is 1.57 bits per heavy atom.